The Morgan fingerprint density at radius 1 is 1.04 bits per heavy atom. The number of sulfonamides is 1. The number of alkyl halides is 3. The fraction of sp³-hybridized carbons (Fsp3) is 0.133. The molecule has 0 aromatic heterocycles. The summed E-state index contributed by atoms with van der Waals surface area (Å²) in [5, 5.41) is 9.21. The Morgan fingerprint density at radius 3 is 2.04 bits per heavy atom. The van der Waals surface area contributed by atoms with E-state index >= 15 is 0 Å². The van der Waals surface area contributed by atoms with Crippen molar-refractivity contribution in [1.29, 1.82) is 0 Å². The fourth-order valence-electron chi connectivity index (χ4n) is 1.96. The lowest BCUT2D eigenvalue weighted by atomic mass is 10.1. The molecule has 2 aromatic carbocycles. The highest BCUT2D eigenvalue weighted by Gasteiger charge is 2.31. The highest BCUT2D eigenvalue weighted by molar-refractivity contribution is 7.89. The molecular weight excluding hydrogens is 382 g/mol. The largest absolute Gasteiger partial charge is 0.573 e. The van der Waals surface area contributed by atoms with Gasteiger partial charge in [-0.05, 0) is 42.0 Å². The first-order chi connectivity index (χ1) is 12.0. The van der Waals surface area contributed by atoms with Gasteiger partial charge in [-0.25, -0.2) is 12.8 Å². The van der Waals surface area contributed by atoms with Gasteiger partial charge in [0, 0.05) is 0 Å². The van der Waals surface area contributed by atoms with Crippen LogP contribution in [0.2, 0.25) is 0 Å². The first-order valence-electron chi connectivity index (χ1n) is 6.84. The van der Waals surface area contributed by atoms with E-state index in [4.69, 9.17) is 0 Å². The Morgan fingerprint density at radius 2 is 1.58 bits per heavy atom. The van der Waals surface area contributed by atoms with E-state index in [9.17, 15) is 35.9 Å². The zero-order valence-electron chi connectivity index (χ0n) is 12.7. The lowest BCUT2D eigenvalue weighted by molar-refractivity contribution is -0.274. The van der Waals surface area contributed by atoms with Gasteiger partial charge in [-0.2, -0.15) is 4.72 Å². The molecule has 2 aromatic rings. The average Bonchev–Trinajstić information content (AvgIpc) is 2.52. The van der Waals surface area contributed by atoms with Gasteiger partial charge in [-0.15, -0.1) is 13.2 Å². The predicted molar refractivity (Wildman–Crippen MR) is 80.2 cm³/mol. The molecule has 6 nitrogen and oxygen atoms in total. The fourth-order valence-corrected chi connectivity index (χ4v) is 3.14. The standard InChI is InChI=1S/C15H11F4NO5S/c16-10-3-1-9(2-4-10)13(14(21)22)20-26(23,24)12-7-5-11(6-8-12)25-15(17,18)19/h1-8,13,20H,(H,21,22)/t13-/m0/s1. The van der Waals surface area contributed by atoms with Gasteiger partial charge < -0.3 is 9.84 Å². The van der Waals surface area contributed by atoms with Gasteiger partial charge >= 0.3 is 12.3 Å². The number of carbonyl (C=O) groups is 1. The van der Waals surface area contributed by atoms with Crippen LogP contribution in [0.3, 0.4) is 0 Å². The molecule has 0 heterocycles. The molecule has 0 saturated heterocycles. The summed E-state index contributed by atoms with van der Waals surface area (Å²) in [5.41, 5.74) is -0.0282. The van der Waals surface area contributed by atoms with Gasteiger partial charge in [0.15, 0.2) is 0 Å². The van der Waals surface area contributed by atoms with Crippen molar-refractivity contribution in [1.82, 2.24) is 4.72 Å². The molecular formula is C15H11F4NO5S. The number of carboxylic acid groups (broad SMARTS) is 1. The van der Waals surface area contributed by atoms with Crippen molar-refractivity contribution in [2.75, 3.05) is 0 Å². The van der Waals surface area contributed by atoms with Crippen LogP contribution < -0.4 is 9.46 Å². The Labute approximate surface area is 145 Å². The number of hydrogen-bond acceptors (Lipinski definition) is 4. The molecule has 0 amide bonds. The van der Waals surface area contributed by atoms with Crippen LogP contribution in [-0.4, -0.2) is 25.9 Å². The van der Waals surface area contributed by atoms with Crippen LogP contribution >= 0.6 is 0 Å². The van der Waals surface area contributed by atoms with E-state index in [-0.39, 0.29) is 5.56 Å². The maximum atomic E-state index is 12.9. The van der Waals surface area contributed by atoms with Crippen LogP contribution in [0.4, 0.5) is 17.6 Å². The van der Waals surface area contributed by atoms with E-state index in [1.54, 1.807) is 0 Å². The Kier molecular flexibility index (Phi) is 5.52. The number of rotatable bonds is 6. The van der Waals surface area contributed by atoms with Gasteiger partial charge in [0.25, 0.3) is 0 Å². The summed E-state index contributed by atoms with van der Waals surface area (Å²) in [5.74, 6) is -2.82. The number of hydrogen-bond donors (Lipinski definition) is 2. The smallest absolute Gasteiger partial charge is 0.480 e. The average molecular weight is 393 g/mol. The molecule has 0 aliphatic carbocycles. The highest BCUT2D eigenvalue weighted by Crippen LogP contribution is 2.25. The molecule has 0 aliphatic heterocycles. The zero-order valence-corrected chi connectivity index (χ0v) is 13.5. The number of ether oxygens (including phenoxy) is 1. The van der Waals surface area contributed by atoms with Crippen LogP contribution in [0.5, 0.6) is 5.75 Å². The summed E-state index contributed by atoms with van der Waals surface area (Å²) in [4.78, 5) is 10.9. The third kappa shape index (κ3) is 5.17. The van der Waals surface area contributed by atoms with E-state index in [2.05, 4.69) is 4.74 Å². The lowest BCUT2D eigenvalue weighted by Crippen LogP contribution is -2.33. The van der Waals surface area contributed by atoms with E-state index in [1.165, 1.54) is 0 Å². The maximum absolute atomic E-state index is 12.9. The first-order valence-corrected chi connectivity index (χ1v) is 8.33. The molecule has 0 spiro atoms. The summed E-state index contributed by atoms with van der Waals surface area (Å²) in [6.45, 7) is 0. The minimum atomic E-state index is -4.93. The summed E-state index contributed by atoms with van der Waals surface area (Å²) in [6, 6.07) is 5.59. The molecule has 0 fully saturated rings. The number of benzene rings is 2. The van der Waals surface area contributed by atoms with E-state index in [0.29, 0.717) is 0 Å². The SMILES string of the molecule is O=C(O)[C@@H](NS(=O)(=O)c1ccc(OC(F)(F)F)cc1)c1ccc(F)cc1. The number of nitrogens with one attached hydrogen (secondary N) is 1. The van der Waals surface area contributed by atoms with Crippen LogP contribution in [0.1, 0.15) is 11.6 Å². The van der Waals surface area contributed by atoms with Gasteiger partial charge in [0.2, 0.25) is 10.0 Å². The quantitative estimate of drug-likeness (QED) is 0.737. The predicted octanol–water partition coefficient (Wildman–Crippen LogP) is 2.83. The Hall–Kier alpha value is -2.66. The Balaban J connectivity index is 2.25. The lowest BCUT2D eigenvalue weighted by Gasteiger charge is -2.15. The topological polar surface area (TPSA) is 92.7 Å². The van der Waals surface area contributed by atoms with Gasteiger partial charge in [0.05, 0.1) is 4.90 Å². The van der Waals surface area contributed by atoms with Crippen LogP contribution in [0.25, 0.3) is 0 Å². The molecule has 1 atom stereocenters. The van der Waals surface area contributed by atoms with Crippen LogP contribution in [0.15, 0.2) is 53.4 Å². The van der Waals surface area contributed by atoms with Crippen molar-refractivity contribution in [3.8, 4) is 5.75 Å². The number of aliphatic carboxylic acids is 1. The minimum Gasteiger partial charge on any atom is -0.480 e. The molecule has 0 bridgehead atoms. The molecule has 0 unspecified atom stereocenters. The van der Waals surface area contributed by atoms with E-state index in [1.807, 2.05) is 4.72 Å². The zero-order chi connectivity index (χ0) is 19.5. The van der Waals surface area contributed by atoms with Crippen molar-refractivity contribution in [3.05, 3.63) is 59.9 Å². The second kappa shape index (κ2) is 7.30. The summed E-state index contributed by atoms with van der Waals surface area (Å²) >= 11 is 0. The first kappa shape index (κ1) is 19.7. The molecule has 0 radical (unpaired) electrons. The summed E-state index contributed by atoms with van der Waals surface area (Å²) in [6.07, 6.45) is -4.93. The summed E-state index contributed by atoms with van der Waals surface area (Å²) < 4.78 is 79.3. The summed E-state index contributed by atoms with van der Waals surface area (Å²) in [7, 11) is -4.38. The van der Waals surface area contributed by atoms with Gasteiger partial charge in [0.1, 0.15) is 17.6 Å². The normalized spacial score (nSPS) is 13.2. The molecule has 26 heavy (non-hydrogen) atoms. The van der Waals surface area contributed by atoms with E-state index < -0.39 is 44.9 Å². The van der Waals surface area contributed by atoms with Crippen molar-refractivity contribution in [2.45, 2.75) is 17.3 Å². The molecule has 0 aliphatic rings. The van der Waals surface area contributed by atoms with Crippen LogP contribution in [0, 0.1) is 5.82 Å². The molecule has 2 N–H and O–H groups in total. The number of halogens is 4. The number of carboxylic acids is 1. The van der Waals surface area contributed by atoms with E-state index in [0.717, 1.165) is 48.5 Å². The van der Waals surface area contributed by atoms with Crippen molar-refractivity contribution in [3.63, 3.8) is 0 Å². The minimum absolute atomic E-state index is 0.0282. The van der Waals surface area contributed by atoms with Crippen molar-refractivity contribution in [2.24, 2.45) is 0 Å². The van der Waals surface area contributed by atoms with Crippen molar-refractivity contribution >= 4 is 16.0 Å². The highest BCUT2D eigenvalue weighted by atomic mass is 32.2. The monoisotopic (exact) mass is 393 g/mol. The van der Waals surface area contributed by atoms with Crippen molar-refractivity contribution < 1.29 is 40.6 Å². The Bertz CT molecular complexity index is 880. The van der Waals surface area contributed by atoms with Gasteiger partial charge in [-0.1, -0.05) is 12.1 Å². The second-order valence-electron chi connectivity index (χ2n) is 4.96. The second-order valence-corrected chi connectivity index (χ2v) is 6.68. The van der Waals surface area contributed by atoms with Gasteiger partial charge in [-0.3, -0.25) is 4.79 Å². The van der Waals surface area contributed by atoms with Crippen LogP contribution in [-0.2, 0) is 14.8 Å². The molecule has 11 heteroatoms. The maximum Gasteiger partial charge on any atom is 0.573 e. The molecule has 0 saturated carbocycles. The molecule has 140 valence electrons. The molecule has 2 rings (SSSR count). The third-order valence-corrected chi connectivity index (χ3v) is 4.53. The third-order valence-electron chi connectivity index (χ3n) is 3.09.